The Morgan fingerprint density at radius 2 is 1.74 bits per heavy atom. The van der Waals surface area contributed by atoms with E-state index in [0.717, 1.165) is 32.7 Å². The van der Waals surface area contributed by atoms with Crippen LogP contribution in [0.3, 0.4) is 0 Å². The van der Waals surface area contributed by atoms with Gasteiger partial charge in [-0.2, -0.15) is 0 Å². The van der Waals surface area contributed by atoms with E-state index >= 15 is 0 Å². The van der Waals surface area contributed by atoms with Crippen molar-refractivity contribution in [3.05, 3.63) is 0 Å². The van der Waals surface area contributed by atoms with Crippen molar-refractivity contribution >= 4 is 17.7 Å². The zero-order chi connectivity index (χ0) is 13.8. The van der Waals surface area contributed by atoms with Gasteiger partial charge in [-0.3, -0.25) is 25.2 Å². The number of rotatable bonds is 4. The molecule has 2 saturated heterocycles. The summed E-state index contributed by atoms with van der Waals surface area (Å²) in [6.07, 6.45) is 0.530. The Morgan fingerprint density at radius 3 is 2.26 bits per heavy atom. The molecular weight excluding hydrogens is 248 g/mol. The number of likely N-dealkylation sites (N-methyl/N-ethyl adjacent to an activating group) is 1. The van der Waals surface area contributed by atoms with E-state index in [2.05, 4.69) is 22.7 Å². The van der Waals surface area contributed by atoms with Gasteiger partial charge in [-0.25, -0.2) is 0 Å². The molecule has 3 amide bonds. The molecule has 7 nitrogen and oxygen atoms in total. The average Bonchev–Trinajstić information content (AvgIpc) is 2.75. The third kappa shape index (κ3) is 3.23. The van der Waals surface area contributed by atoms with Crippen LogP contribution in [0, 0.1) is 5.92 Å². The van der Waals surface area contributed by atoms with E-state index in [1.54, 1.807) is 0 Å². The minimum Gasteiger partial charge on any atom is -0.340 e. The highest BCUT2D eigenvalue weighted by molar-refractivity contribution is 6.05. The molecule has 2 aliphatic rings. The van der Waals surface area contributed by atoms with Gasteiger partial charge in [0.15, 0.2) is 0 Å². The second-order valence-corrected chi connectivity index (χ2v) is 4.88. The fraction of sp³-hybridized carbons (Fsp3) is 0.750. The lowest BCUT2D eigenvalue weighted by Crippen LogP contribution is -2.48. The Morgan fingerprint density at radius 1 is 1.16 bits per heavy atom. The van der Waals surface area contributed by atoms with Crippen LogP contribution < -0.4 is 10.9 Å². The number of amides is 3. The van der Waals surface area contributed by atoms with Gasteiger partial charge in [-0.05, 0) is 13.0 Å². The molecule has 2 heterocycles. The minimum absolute atomic E-state index is 0.0308. The molecule has 2 aliphatic heterocycles. The fourth-order valence-electron chi connectivity index (χ4n) is 2.42. The first kappa shape index (κ1) is 13.8. The topological polar surface area (TPSA) is 81.8 Å². The molecular formula is C12H20N4O3. The Bertz CT molecular complexity index is 361. The SMILES string of the molecule is CCN1CCN(C(=O)CCC2C(=O)NNC2=O)CC1. The van der Waals surface area contributed by atoms with Crippen molar-refractivity contribution in [2.75, 3.05) is 32.7 Å². The van der Waals surface area contributed by atoms with Gasteiger partial charge in [0.05, 0.1) is 0 Å². The van der Waals surface area contributed by atoms with Crippen LogP contribution in [0.25, 0.3) is 0 Å². The van der Waals surface area contributed by atoms with Gasteiger partial charge in [-0.15, -0.1) is 0 Å². The maximum absolute atomic E-state index is 12.0. The van der Waals surface area contributed by atoms with Gasteiger partial charge in [0.1, 0.15) is 5.92 Å². The van der Waals surface area contributed by atoms with E-state index in [-0.39, 0.29) is 30.6 Å². The summed E-state index contributed by atoms with van der Waals surface area (Å²) < 4.78 is 0. The summed E-state index contributed by atoms with van der Waals surface area (Å²) in [7, 11) is 0. The van der Waals surface area contributed by atoms with Crippen LogP contribution in [0.1, 0.15) is 19.8 Å². The highest BCUT2D eigenvalue weighted by Crippen LogP contribution is 2.13. The second kappa shape index (κ2) is 6.01. The number of carbonyl (C=O) groups excluding carboxylic acids is 3. The lowest BCUT2D eigenvalue weighted by molar-refractivity contribution is -0.134. The van der Waals surface area contributed by atoms with Crippen LogP contribution in [0.2, 0.25) is 0 Å². The monoisotopic (exact) mass is 268 g/mol. The van der Waals surface area contributed by atoms with Gasteiger partial charge in [-0.1, -0.05) is 6.92 Å². The Kier molecular flexibility index (Phi) is 4.36. The number of piperazine rings is 1. The molecule has 0 radical (unpaired) electrons. The molecule has 0 spiro atoms. The summed E-state index contributed by atoms with van der Waals surface area (Å²) in [6, 6.07) is 0. The van der Waals surface area contributed by atoms with E-state index in [1.807, 2.05) is 4.90 Å². The summed E-state index contributed by atoms with van der Waals surface area (Å²) in [5.74, 6) is -1.37. The summed E-state index contributed by atoms with van der Waals surface area (Å²) in [6.45, 7) is 6.37. The molecule has 0 aliphatic carbocycles. The highest BCUT2D eigenvalue weighted by atomic mass is 16.2. The van der Waals surface area contributed by atoms with Gasteiger partial charge in [0.2, 0.25) is 5.91 Å². The normalized spacial score (nSPS) is 21.4. The molecule has 2 fully saturated rings. The van der Waals surface area contributed by atoms with Crippen LogP contribution in [0.5, 0.6) is 0 Å². The minimum atomic E-state index is -0.721. The molecule has 19 heavy (non-hydrogen) atoms. The maximum atomic E-state index is 12.0. The van der Waals surface area contributed by atoms with Crippen molar-refractivity contribution in [2.24, 2.45) is 5.92 Å². The molecule has 0 aromatic heterocycles. The number of carbonyl (C=O) groups is 3. The van der Waals surface area contributed by atoms with Crippen molar-refractivity contribution in [2.45, 2.75) is 19.8 Å². The molecule has 0 aromatic carbocycles. The first-order chi connectivity index (χ1) is 9.11. The van der Waals surface area contributed by atoms with Crippen LogP contribution in [-0.4, -0.2) is 60.2 Å². The first-order valence-corrected chi connectivity index (χ1v) is 6.71. The molecule has 0 atom stereocenters. The third-order valence-electron chi connectivity index (χ3n) is 3.76. The molecule has 0 unspecified atom stereocenters. The summed E-state index contributed by atoms with van der Waals surface area (Å²) in [5, 5.41) is 0. The molecule has 0 aromatic rings. The highest BCUT2D eigenvalue weighted by Gasteiger charge is 2.33. The molecule has 106 valence electrons. The Labute approximate surface area is 112 Å². The van der Waals surface area contributed by atoms with Crippen molar-refractivity contribution < 1.29 is 14.4 Å². The van der Waals surface area contributed by atoms with Gasteiger partial charge < -0.3 is 9.80 Å². The smallest absolute Gasteiger partial charge is 0.251 e. The lowest BCUT2D eigenvalue weighted by Gasteiger charge is -2.34. The van der Waals surface area contributed by atoms with Crippen molar-refractivity contribution in [3.8, 4) is 0 Å². The Hall–Kier alpha value is -1.63. The molecule has 7 heteroatoms. The zero-order valence-electron chi connectivity index (χ0n) is 11.1. The van der Waals surface area contributed by atoms with Gasteiger partial charge in [0, 0.05) is 32.6 Å². The number of nitrogens with one attached hydrogen (secondary N) is 2. The molecule has 0 bridgehead atoms. The fourth-order valence-corrected chi connectivity index (χ4v) is 2.42. The largest absolute Gasteiger partial charge is 0.340 e. The summed E-state index contributed by atoms with van der Waals surface area (Å²) in [4.78, 5) is 38.8. The summed E-state index contributed by atoms with van der Waals surface area (Å²) >= 11 is 0. The van der Waals surface area contributed by atoms with Crippen molar-refractivity contribution in [1.82, 2.24) is 20.7 Å². The predicted octanol–water partition coefficient (Wildman–Crippen LogP) is -1.29. The van der Waals surface area contributed by atoms with E-state index in [4.69, 9.17) is 0 Å². The average molecular weight is 268 g/mol. The van der Waals surface area contributed by atoms with Crippen LogP contribution in [0.15, 0.2) is 0 Å². The second-order valence-electron chi connectivity index (χ2n) is 4.88. The third-order valence-corrected chi connectivity index (χ3v) is 3.76. The number of nitrogens with zero attached hydrogens (tertiary/aromatic N) is 2. The van der Waals surface area contributed by atoms with E-state index < -0.39 is 5.92 Å². The summed E-state index contributed by atoms with van der Waals surface area (Å²) in [5.41, 5.74) is 4.53. The van der Waals surface area contributed by atoms with E-state index in [1.165, 1.54) is 0 Å². The van der Waals surface area contributed by atoms with Crippen LogP contribution in [-0.2, 0) is 14.4 Å². The molecule has 2 rings (SSSR count). The number of hydrogen-bond acceptors (Lipinski definition) is 4. The van der Waals surface area contributed by atoms with Crippen molar-refractivity contribution in [3.63, 3.8) is 0 Å². The van der Waals surface area contributed by atoms with E-state index in [0.29, 0.717) is 0 Å². The number of hydrazine groups is 1. The quantitative estimate of drug-likeness (QED) is 0.622. The van der Waals surface area contributed by atoms with E-state index in [9.17, 15) is 14.4 Å². The predicted molar refractivity (Wildman–Crippen MR) is 67.7 cm³/mol. The molecule has 0 saturated carbocycles. The zero-order valence-corrected chi connectivity index (χ0v) is 11.1. The van der Waals surface area contributed by atoms with Gasteiger partial charge in [0.25, 0.3) is 11.8 Å². The van der Waals surface area contributed by atoms with Crippen molar-refractivity contribution in [1.29, 1.82) is 0 Å². The lowest BCUT2D eigenvalue weighted by atomic mass is 10.0. The van der Waals surface area contributed by atoms with Crippen LogP contribution in [0.4, 0.5) is 0 Å². The molecule has 2 N–H and O–H groups in total. The van der Waals surface area contributed by atoms with Gasteiger partial charge >= 0.3 is 0 Å². The van der Waals surface area contributed by atoms with Crippen LogP contribution >= 0.6 is 0 Å². The standard InChI is InChI=1S/C12H20N4O3/c1-2-15-5-7-16(8-6-15)10(17)4-3-9-11(18)13-14-12(9)19/h9H,2-8H2,1H3,(H,13,18)(H,14,19). The Balaban J connectivity index is 1.76. The first-order valence-electron chi connectivity index (χ1n) is 6.71. The number of hydrogen-bond donors (Lipinski definition) is 2. The maximum Gasteiger partial charge on any atom is 0.251 e.